The summed E-state index contributed by atoms with van der Waals surface area (Å²) in [6, 6.07) is 4.46. The van der Waals surface area contributed by atoms with E-state index >= 15 is 0 Å². The zero-order chi connectivity index (χ0) is 17.0. The lowest BCUT2D eigenvalue weighted by Gasteiger charge is -2.26. The number of hydrogen-bond donors (Lipinski definition) is 3. The Morgan fingerprint density at radius 1 is 1.35 bits per heavy atom. The zero-order valence-corrected chi connectivity index (χ0v) is 13.6. The van der Waals surface area contributed by atoms with Crippen molar-refractivity contribution in [1.29, 1.82) is 0 Å². The van der Waals surface area contributed by atoms with E-state index in [1.165, 1.54) is 4.90 Å². The quantitative estimate of drug-likeness (QED) is 0.636. The molecule has 3 N–H and O–H groups in total. The molecule has 9 nitrogen and oxygen atoms in total. The van der Waals surface area contributed by atoms with Gasteiger partial charge in [0.2, 0.25) is 10.0 Å². The number of amides is 3. The fourth-order valence-corrected chi connectivity index (χ4v) is 2.41. The van der Waals surface area contributed by atoms with Crippen LogP contribution in [0.1, 0.15) is 0 Å². The number of fused-ring (bicyclic) bond motifs is 1. The van der Waals surface area contributed by atoms with Gasteiger partial charge in [-0.05, 0) is 18.2 Å². The van der Waals surface area contributed by atoms with Crippen LogP contribution in [-0.4, -0.2) is 53.4 Å². The third-order valence-electron chi connectivity index (χ3n) is 3.08. The summed E-state index contributed by atoms with van der Waals surface area (Å²) in [6.07, 6.45) is 1.04. The van der Waals surface area contributed by atoms with E-state index in [9.17, 15) is 18.0 Å². The molecule has 0 saturated heterocycles. The summed E-state index contributed by atoms with van der Waals surface area (Å²) in [4.78, 5) is 24.8. The van der Waals surface area contributed by atoms with Crippen molar-refractivity contribution in [2.45, 2.75) is 0 Å². The van der Waals surface area contributed by atoms with Crippen molar-refractivity contribution in [2.75, 3.05) is 43.2 Å². The van der Waals surface area contributed by atoms with Gasteiger partial charge >= 0.3 is 6.03 Å². The summed E-state index contributed by atoms with van der Waals surface area (Å²) in [5, 5.41) is 5.12. The van der Waals surface area contributed by atoms with E-state index in [0.29, 0.717) is 17.1 Å². The predicted molar refractivity (Wildman–Crippen MR) is 85.2 cm³/mol. The number of likely N-dealkylation sites (N-methyl/N-ethyl adjacent to an activating group) is 1. The lowest BCUT2D eigenvalue weighted by atomic mass is 10.2. The second-order valence-corrected chi connectivity index (χ2v) is 6.80. The van der Waals surface area contributed by atoms with Crippen molar-refractivity contribution in [3.8, 4) is 5.75 Å². The number of ether oxygens (including phenoxy) is 1. The standard InChI is InChI=1S/C13H18N4O5S/c1-17-10-7-9(3-4-11(10)22-8-12(17)18)16-13(19)14-5-6-15-23(2,20)21/h3-4,7,15H,5-6,8H2,1-2H3,(H2,14,16,19). The van der Waals surface area contributed by atoms with E-state index in [0.717, 1.165) is 6.26 Å². The largest absolute Gasteiger partial charge is 0.482 e. The Labute approximate surface area is 134 Å². The van der Waals surface area contributed by atoms with Gasteiger partial charge in [0.05, 0.1) is 11.9 Å². The Balaban J connectivity index is 1.91. The first-order valence-electron chi connectivity index (χ1n) is 6.79. The molecule has 126 valence electrons. The van der Waals surface area contributed by atoms with E-state index in [4.69, 9.17) is 4.74 Å². The number of sulfonamides is 1. The monoisotopic (exact) mass is 342 g/mol. The first-order valence-corrected chi connectivity index (χ1v) is 8.68. The van der Waals surface area contributed by atoms with Gasteiger partial charge < -0.3 is 20.3 Å². The van der Waals surface area contributed by atoms with Gasteiger partial charge in [0.1, 0.15) is 5.75 Å². The van der Waals surface area contributed by atoms with Gasteiger partial charge in [0, 0.05) is 25.8 Å². The van der Waals surface area contributed by atoms with Crippen LogP contribution in [-0.2, 0) is 14.8 Å². The molecule has 1 aromatic carbocycles. The highest BCUT2D eigenvalue weighted by Gasteiger charge is 2.22. The molecule has 1 aliphatic heterocycles. The maximum absolute atomic E-state index is 11.7. The molecule has 0 aromatic heterocycles. The van der Waals surface area contributed by atoms with Gasteiger partial charge in [0.25, 0.3) is 5.91 Å². The molecule has 1 aromatic rings. The van der Waals surface area contributed by atoms with Crippen LogP contribution in [0.3, 0.4) is 0 Å². The minimum Gasteiger partial charge on any atom is -0.482 e. The van der Waals surface area contributed by atoms with Crippen molar-refractivity contribution >= 4 is 33.3 Å². The molecule has 23 heavy (non-hydrogen) atoms. The van der Waals surface area contributed by atoms with Crippen LogP contribution in [0.2, 0.25) is 0 Å². The number of nitrogens with one attached hydrogen (secondary N) is 3. The molecule has 0 spiro atoms. The van der Waals surface area contributed by atoms with Crippen LogP contribution in [0.4, 0.5) is 16.2 Å². The van der Waals surface area contributed by atoms with Crippen LogP contribution in [0, 0.1) is 0 Å². The minimum absolute atomic E-state index is 0.00982. The number of carbonyl (C=O) groups is 2. The number of anilines is 2. The molecule has 0 aliphatic carbocycles. The SMILES string of the molecule is CN1C(=O)COc2ccc(NC(=O)NCCNS(C)(=O)=O)cc21. The molecule has 0 fully saturated rings. The number of nitrogens with zero attached hydrogens (tertiary/aromatic N) is 1. The van der Waals surface area contributed by atoms with Gasteiger partial charge in [0.15, 0.2) is 6.61 Å². The number of hydrogen-bond acceptors (Lipinski definition) is 5. The first kappa shape index (κ1) is 17.0. The molecule has 0 bridgehead atoms. The average molecular weight is 342 g/mol. The van der Waals surface area contributed by atoms with Gasteiger partial charge in [-0.1, -0.05) is 0 Å². The van der Waals surface area contributed by atoms with Crippen molar-refractivity contribution < 1.29 is 22.7 Å². The van der Waals surface area contributed by atoms with Crippen molar-refractivity contribution in [2.24, 2.45) is 0 Å². The highest BCUT2D eigenvalue weighted by molar-refractivity contribution is 7.88. The van der Waals surface area contributed by atoms with E-state index in [1.54, 1.807) is 25.2 Å². The first-order chi connectivity index (χ1) is 10.8. The van der Waals surface area contributed by atoms with E-state index in [2.05, 4.69) is 15.4 Å². The fraction of sp³-hybridized carbons (Fsp3) is 0.385. The summed E-state index contributed by atoms with van der Waals surface area (Å²) >= 11 is 0. The summed E-state index contributed by atoms with van der Waals surface area (Å²) in [5.74, 6) is 0.390. The van der Waals surface area contributed by atoms with Crippen LogP contribution in [0.25, 0.3) is 0 Å². The lowest BCUT2D eigenvalue weighted by molar-refractivity contribution is -0.120. The number of rotatable bonds is 5. The third-order valence-corrected chi connectivity index (χ3v) is 3.81. The smallest absolute Gasteiger partial charge is 0.319 e. The van der Waals surface area contributed by atoms with Gasteiger partial charge in [-0.3, -0.25) is 4.79 Å². The minimum atomic E-state index is -3.28. The predicted octanol–water partition coefficient (Wildman–Crippen LogP) is -0.287. The van der Waals surface area contributed by atoms with Crippen molar-refractivity contribution in [3.63, 3.8) is 0 Å². The van der Waals surface area contributed by atoms with Crippen molar-refractivity contribution in [3.05, 3.63) is 18.2 Å². The third kappa shape index (κ3) is 4.83. The Morgan fingerprint density at radius 2 is 2.09 bits per heavy atom. The molecule has 1 aliphatic rings. The van der Waals surface area contributed by atoms with Crippen LogP contribution < -0.4 is 25.0 Å². The van der Waals surface area contributed by atoms with E-state index in [1.807, 2.05) is 0 Å². The fourth-order valence-electron chi connectivity index (χ4n) is 1.94. The lowest BCUT2D eigenvalue weighted by Crippen LogP contribution is -2.37. The maximum Gasteiger partial charge on any atom is 0.319 e. The Hall–Kier alpha value is -2.33. The van der Waals surface area contributed by atoms with E-state index < -0.39 is 16.1 Å². The molecular formula is C13H18N4O5S. The van der Waals surface area contributed by atoms with Gasteiger partial charge in [-0.2, -0.15) is 0 Å². The summed E-state index contributed by atoms with van der Waals surface area (Å²) < 4.78 is 29.3. The molecule has 0 unspecified atom stereocenters. The Kier molecular flexibility index (Phi) is 5.06. The summed E-state index contributed by atoms with van der Waals surface area (Å²) in [6.45, 7) is 0.233. The maximum atomic E-state index is 11.7. The molecule has 0 saturated carbocycles. The Morgan fingerprint density at radius 3 is 2.78 bits per heavy atom. The highest BCUT2D eigenvalue weighted by Crippen LogP contribution is 2.33. The summed E-state index contributed by atoms with van der Waals surface area (Å²) in [7, 11) is -1.65. The van der Waals surface area contributed by atoms with Gasteiger partial charge in [-0.25, -0.2) is 17.9 Å². The molecule has 0 radical (unpaired) electrons. The molecule has 0 atom stereocenters. The molecular weight excluding hydrogens is 324 g/mol. The van der Waals surface area contributed by atoms with E-state index in [-0.39, 0.29) is 25.6 Å². The second kappa shape index (κ2) is 6.84. The highest BCUT2D eigenvalue weighted by atomic mass is 32.2. The zero-order valence-electron chi connectivity index (χ0n) is 12.8. The molecule has 2 rings (SSSR count). The molecule has 3 amide bonds. The number of carbonyl (C=O) groups excluding carboxylic acids is 2. The molecule has 10 heteroatoms. The van der Waals surface area contributed by atoms with Crippen LogP contribution in [0.5, 0.6) is 5.75 Å². The Bertz CT molecular complexity index is 719. The number of urea groups is 1. The normalized spacial score (nSPS) is 14.0. The van der Waals surface area contributed by atoms with Crippen molar-refractivity contribution in [1.82, 2.24) is 10.0 Å². The average Bonchev–Trinajstić information content (AvgIpc) is 2.47. The summed E-state index contributed by atoms with van der Waals surface area (Å²) in [5.41, 5.74) is 1.06. The van der Waals surface area contributed by atoms with Crippen LogP contribution >= 0.6 is 0 Å². The van der Waals surface area contributed by atoms with Gasteiger partial charge in [-0.15, -0.1) is 0 Å². The molecule has 1 heterocycles. The number of benzene rings is 1. The second-order valence-electron chi connectivity index (χ2n) is 4.97. The van der Waals surface area contributed by atoms with Crippen LogP contribution in [0.15, 0.2) is 18.2 Å². The topological polar surface area (TPSA) is 117 Å².